The molecule has 3 aromatic carbocycles. The quantitative estimate of drug-likeness (QED) is 0.189. The molecule has 234 valence electrons. The molecule has 9 nitrogen and oxygen atoms in total. The van der Waals surface area contributed by atoms with Gasteiger partial charge in [-0.25, -0.2) is 9.79 Å². The Morgan fingerprint density at radius 1 is 0.933 bits per heavy atom. The second kappa shape index (κ2) is 14.5. The number of carbonyl (C=O) groups is 1. The predicted octanol–water partition coefficient (Wildman–Crippen LogP) is 5.45. The highest BCUT2D eigenvalue weighted by Gasteiger charge is 2.31. The maximum Gasteiger partial charge on any atom is 0.337 e. The fourth-order valence-corrected chi connectivity index (χ4v) is 6.19. The first-order valence-electron chi connectivity index (χ1n) is 14.5. The lowest BCUT2D eigenvalue weighted by Gasteiger charge is -2.23. The zero-order valence-electron chi connectivity index (χ0n) is 25.4. The van der Waals surface area contributed by atoms with E-state index in [4.69, 9.17) is 35.3 Å². The van der Waals surface area contributed by atoms with Crippen LogP contribution < -0.4 is 33.8 Å². The molecular formula is C34H33ClN2O7S. The summed E-state index contributed by atoms with van der Waals surface area (Å²) in [7, 11) is 1.29. The van der Waals surface area contributed by atoms with E-state index in [0.29, 0.717) is 74.9 Å². The van der Waals surface area contributed by atoms with Gasteiger partial charge in [0.25, 0.3) is 5.56 Å². The van der Waals surface area contributed by atoms with E-state index >= 15 is 0 Å². The normalized spacial score (nSPS) is 14.2. The van der Waals surface area contributed by atoms with Crippen molar-refractivity contribution in [3.05, 3.63) is 114 Å². The molecule has 45 heavy (non-hydrogen) atoms. The number of rotatable bonds is 12. The van der Waals surface area contributed by atoms with E-state index in [1.54, 1.807) is 36.4 Å². The number of halogens is 1. The fraction of sp³-hybridized carbons (Fsp3) is 0.265. The lowest BCUT2D eigenvalue weighted by Crippen LogP contribution is -2.39. The molecule has 1 atom stereocenters. The summed E-state index contributed by atoms with van der Waals surface area (Å²) in [4.78, 5) is 31.8. The Balaban J connectivity index is 1.58. The Morgan fingerprint density at radius 2 is 1.64 bits per heavy atom. The number of benzene rings is 3. The van der Waals surface area contributed by atoms with E-state index in [1.165, 1.54) is 29.2 Å². The number of nitrogens with zero attached hydrogens (tertiary/aromatic N) is 2. The van der Waals surface area contributed by atoms with Crippen molar-refractivity contribution in [3.8, 4) is 23.0 Å². The van der Waals surface area contributed by atoms with E-state index in [1.807, 2.05) is 51.1 Å². The molecule has 1 aliphatic rings. The number of esters is 1. The van der Waals surface area contributed by atoms with E-state index in [9.17, 15) is 9.59 Å². The van der Waals surface area contributed by atoms with Crippen LogP contribution in [-0.4, -0.2) is 37.5 Å². The molecule has 0 unspecified atom stereocenters. The van der Waals surface area contributed by atoms with Crippen LogP contribution in [0.5, 0.6) is 23.0 Å². The highest BCUT2D eigenvalue weighted by Crippen LogP contribution is 2.38. The SMILES string of the molecule is CCOc1ccc([C@@H]2C(C(=O)OC)=CN=c3s/c(=C\c4cc(Cl)c(OCc5ccccc5)c(OCC)c4)c(=O)n32)cc1OCC. The third kappa shape index (κ3) is 6.92. The number of thiazole rings is 1. The van der Waals surface area contributed by atoms with Crippen molar-refractivity contribution in [2.45, 2.75) is 33.4 Å². The fourth-order valence-electron chi connectivity index (χ4n) is 4.94. The smallest absolute Gasteiger partial charge is 0.337 e. The van der Waals surface area contributed by atoms with Crippen molar-refractivity contribution in [2.24, 2.45) is 4.99 Å². The monoisotopic (exact) mass is 648 g/mol. The summed E-state index contributed by atoms with van der Waals surface area (Å²) in [5.41, 5.74) is 2.16. The minimum Gasteiger partial charge on any atom is -0.490 e. The van der Waals surface area contributed by atoms with Crippen LogP contribution in [-0.2, 0) is 16.1 Å². The lowest BCUT2D eigenvalue weighted by molar-refractivity contribution is -0.136. The lowest BCUT2D eigenvalue weighted by atomic mass is 9.97. The third-order valence-electron chi connectivity index (χ3n) is 6.86. The first-order valence-corrected chi connectivity index (χ1v) is 15.7. The van der Waals surface area contributed by atoms with Crippen molar-refractivity contribution < 1.29 is 28.5 Å². The van der Waals surface area contributed by atoms with Crippen LogP contribution in [0.25, 0.3) is 6.08 Å². The van der Waals surface area contributed by atoms with Crippen molar-refractivity contribution in [2.75, 3.05) is 26.9 Å². The zero-order chi connectivity index (χ0) is 31.9. The van der Waals surface area contributed by atoms with Gasteiger partial charge in [-0.05, 0) is 67.8 Å². The number of fused-ring (bicyclic) bond motifs is 1. The van der Waals surface area contributed by atoms with Gasteiger partial charge in [0, 0.05) is 6.20 Å². The molecule has 1 aliphatic heterocycles. The van der Waals surface area contributed by atoms with Gasteiger partial charge in [0.2, 0.25) is 0 Å². The van der Waals surface area contributed by atoms with Gasteiger partial charge in [0.15, 0.2) is 27.8 Å². The van der Waals surface area contributed by atoms with Gasteiger partial charge in [0.05, 0.1) is 48.1 Å². The Bertz CT molecular complexity index is 1900. The minimum atomic E-state index is -0.804. The molecule has 2 heterocycles. The van der Waals surface area contributed by atoms with Crippen molar-refractivity contribution in [1.29, 1.82) is 0 Å². The van der Waals surface area contributed by atoms with Crippen LogP contribution in [0.1, 0.15) is 43.5 Å². The van der Waals surface area contributed by atoms with Crippen LogP contribution >= 0.6 is 22.9 Å². The molecule has 1 aromatic heterocycles. The summed E-state index contributed by atoms with van der Waals surface area (Å²) >= 11 is 7.89. The van der Waals surface area contributed by atoms with E-state index in [0.717, 1.165) is 5.56 Å². The van der Waals surface area contributed by atoms with Gasteiger partial charge in [-0.15, -0.1) is 0 Å². The van der Waals surface area contributed by atoms with Crippen LogP contribution in [0.3, 0.4) is 0 Å². The molecule has 4 aromatic rings. The summed E-state index contributed by atoms with van der Waals surface area (Å²) in [6.07, 6.45) is 3.17. The Kier molecular flexibility index (Phi) is 10.3. The first kappa shape index (κ1) is 31.9. The summed E-state index contributed by atoms with van der Waals surface area (Å²) in [5, 5.41) is 0.347. The van der Waals surface area contributed by atoms with Crippen molar-refractivity contribution >= 4 is 35.0 Å². The highest BCUT2D eigenvalue weighted by molar-refractivity contribution is 7.07. The maximum absolute atomic E-state index is 14.0. The average Bonchev–Trinajstić information content (AvgIpc) is 3.36. The summed E-state index contributed by atoms with van der Waals surface area (Å²) in [6, 6.07) is 17.8. The standard InChI is InChI=1S/C34H33ClN2O7S/c1-5-41-26-14-13-23(18-27(26)42-6-2)30-24(33(39)40-4)19-36-34-37(30)32(38)29(45-34)17-22-15-25(35)31(28(16-22)43-7-3)44-20-21-11-9-8-10-12-21/h8-19,30H,5-7,20H2,1-4H3/b29-17-/t30-/m1/s1. The largest absolute Gasteiger partial charge is 0.490 e. The number of aromatic nitrogens is 1. The molecule has 0 N–H and O–H groups in total. The van der Waals surface area contributed by atoms with E-state index in [2.05, 4.69) is 4.99 Å². The summed E-state index contributed by atoms with van der Waals surface area (Å²) in [6.45, 7) is 7.21. The maximum atomic E-state index is 14.0. The zero-order valence-corrected chi connectivity index (χ0v) is 26.9. The Labute approximate surface area is 269 Å². The molecule has 5 rings (SSSR count). The molecular weight excluding hydrogens is 616 g/mol. The molecule has 11 heteroatoms. The van der Waals surface area contributed by atoms with Gasteiger partial charge in [-0.3, -0.25) is 9.36 Å². The molecule has 0 radical (unpaired) electrons. The van der Waals surface area contributed by atoms with Crippen LogP contribution in [0.2, 0.25) is 5.02 Å². The first-order chi connectivity index (χ1) is 21.9. The van der Waals surface area contributed by atoms with Crippen LogP contribution in [0, 0.1) is 0 Å². The topological polar surface area (TPSA) is 97.6 Å². The number of hydrogen-bond acceptors (Lipinski definition) is 9. The molecule has 0 saturated carbocycles. The summed E-state index contributed by atoms with van der Waals surface area (Å²) < 4.78 is 30.4. The number of methoxy groups -OCH3 is 1. The molecule has 0 amide bonds. The minimum absolute atomic E-state index is 0.213. The van der Waals surface area contributed by atoms with E-state index < -0.39 is 12.0 Å². The molecule has 0 bridgehead atoms. The average molecular weight is 649 g/mol. The Hall–Kier alpha value is -4.54. The van der Waals surface area contributed by atoms with Crippen LogP contribution in [0.4, 0.5) is 0 Å². The van der Waals surface area contributed by atoms with Crippen LogP contribution in [0.15, 0.2) is 82.2 Å². The highest BCUT2D eigenvalue weighted by atomic mass is 35.5. The van der Waals surface area contributed by atoms with E-state index in [-0.39, 0.29) is 11.1 Å². The second-order valence-corrected chi connectivity index (χ2v) is 11.2. The molecule has 0 saturated heterocycles. The van der Waals surface area contributed by atoms with Gasteiger partial charge in [0.1, 0.15) is 6.61 Å². The number of carbonyl (C=O) groups excluding carboxylic acids is 1. The van der Waals surface area contributed by atoms with Gasteiger partial charge in [-0.2, -0.15) is 0 Å². The molecule has 0 spiro atoms. The van der Waals surface area contributed by atoms with Crippen molar-refractivity contribution in [3.63, 3.8) is 0 Å². The third-order valence-corrected chi connectivity index (χ3v) is 8.14. The Morgan fingerprint density at radius 3 is 2.36 bits per heavy atom. The molecule has 0 fully saturated rings. The number of ether oxygens (including phenoxy) is 5. The second-order valence-electron chi connectivity index (χ2n) is 9.79. The predicted molar refractivity (Wildman–Crippen MR) is 173 cm³/mol. The molecule has 0 aliphatic carbocycles. The summed E-state index contributed by atoms with van der Waals surface area (Å²) in [5.74, 6) is 1.36. The van der Waals surface area contributed by atoms with Crippen molar-refractivity contribution in [1.82, 2.24) is 4.57 Å². The number of hydrogen-bond donors (Lipinski definition) is 0. The van der Waals surface area contributed by atoms with Gasteiger partial charge < -0.3 is 23.7 Å². The van der Waals surface area contributed by atoms with Gasteiger partial charge in [-0.1, -0.05) is 59.3 Å². The van der Waals surface area contributed by atoms with Gasteiger partial charge >= 0.3 is 5.97 Å².